The first-order chi connectivity index (χ1) is 13.5. The molecule has 1 aromatic heterocycles. The van der Waals surface area contributed by atoms with Crippen molar-refractivity contribution < 1.29 is 22.3 Å². The summed E-state index contributed by atoms with van der Waals surface area (Å²) in [5.74, 6) is 1.55. The monoisotopic (exact) mass is 404 g/mol. The second-order valence-corrected chi connectivity index (χ2v) is 6.80. The van der Waals surface area contributed by atoms with E-state index >= 15 is 0 Å². The molecule has 0 aromatic carbocycles. The zero-order valence-electron chi connectivity index (χ0n) is 16.4. The smallest absolute Gasteiger partial charge is 0.411 e. The molecule has 160 valence electrons. The lowest BCUT2D eigenvalue weighted by atomic mass is 10.1. The number of likely N-dealkylation sites (tertiary alicyclic amines) is 1. The van der Waals surface area contributed by atoms with Gasteiger partial charge in [-0.05, 0) is 51.4 Å². The summed E-state index contributed by atoms with van der Waals surface area (Å²) < 4.78 is 46.4. The van der Waals surface area contributed by atoms with Gasteiger partial charge < -0.3 is 19.8 Å². The second kappa shape index (κ2) is 12.0. The first-order valence-electron chi connectivity index (χ1n) is 9.93. The van der Waals surface area contributed by atoms with Gasteiger partial charge in [0, 0.05) is 19.7 Å². The number of nitrogens with one attached hydrogen (secondary N) is 2. The molecule has 1 aromatic rings. The van der Waals surface area contributed by atoms with Crippen molar-refractivity contribution >= 4 is 5.96 Å². The van der Waals surface area contributed by atoms with E-state index in [0.29, 0.717) is 32.0 Å². The topological polar surface area (TPSA) is 62.0 Å². The molecule has 0 amide bonds. The lowest BCUT2D eigenvalue weighted by molar-refractivity contribution is -0.173. The van der Waals surface area contributed by atoms with Crippen molar-refractivity contribution in [2.45, 2.75) is 44.8 Å². The zero-order valence-corrected chi connectivity index (χ0v) is 16.4. The molecule has 1 atom stereocenters. The summed E-state index contributed by atoms with van der Waals surface area (Å²) >= 11 is 0. The molecule has 0 radical (unpaired) electrons. The maximum absolute atomic E-state index is 12.1. The highest BCUT2D eigenvalue weighted by molar-refractivity contribution is 5.79. The van der Waals surface area contributed by atoms with Crippen LogP contribution in [0, 0.1) is 0 Å². The Hall–Kier alpha value is -1.74. The second-order valence-electron chi connectivity index (χ2n) is 6.80. The zero-order chi connectivity index (χ0) is 20.2. The van der Waals surface area contributed by atoms with Crippen LogP contribution < -0.4 is 10.6 Å². The number of nitrogens with zero attached hydrogens (tertiary/aromatic N) is 2. The molecule has 0 saturated carbocycles. The van der Waals surface area contributed by atoms with Crippen molar-refractivity contribution in [1.29, 1.82) is 0 Å². The Balaban J connectivity index is 1.84. The van der Waals surface area contributed by atoms with E-state index in [4.69, 9.17) is 4.42 Å². The molecule has 2 N–H and O–H groups in total. The molecular weight excluding hydrogens is 373 g/mol. The van der Waals surface area contributed by atoms with Crippen molar-refractivity contribution in [2.24, 2.45) is 4.99 Å². The summed E-state index contributed by atoms with van der Waals surface area (Å²) in [6, 6.07) is 3.95. The molecule has 0 spiro atoms. The maximum Gasteiger partial charge on any atom is 0.411 e. The van der Waals surface area contributed by atoms with Gasteiger partial charge in [-0.15, -0.1) is 0 Å². The van der Waals surface area contributed by atoms with Crippen molar-refractivity contribution in [2.75, 3.05) is 45.9 Å². The minimum Gasteiger partial charge on any atom is -0.468 e. The van der Waals surface area contributed by atoms with Crippen LogP contribution in [0.4, 0.5) is 13.2 Å². The highest BCUT2D eigenvalue weighted by Crippen LogP contribution is 2.25. The van der Waals surface area contributed by atoms with Gasteiger partial charge in [0.05, 0.1) is 18.8 Å². The summed E-state index contributed by atoms with van der Waals surface area (Å²) in [6.45, 7) is 4.61. The molecule has 2 heterocycles. The average molecular weight is 404 g/mol. The van der Waals surface area contributed by atoms with E-state index in [2.05, 4.69) is 25.3 Å². The van der Waals surface area contributed by atoms with Gasteiger partial charge in [-0.2, -0.15) is 13.2 Å². The highest BCUT2D eigenvalue weighted by atomic mass is 19.4. The standard InChI is InChI=1S/C19H31F3N4O2/c1-2-23-18(24-9-7-12-27-15-19(20,21)22)25-14-16(17-8-6-13-28-17)26-10-4-3-5-11-26/h6,8,13,16H,2-5,7,9-12,14-15H2,1H3,(H2,23,24,25). The van der Waals surface area contributed by atoms with E-state index in [-0.39, 0.29) is 12.6 Å². The third-order valence-corrected chi connectivity index (χ3v) is 4.49. The number of furan rings is 1. The highest BCUT2D eigenvalue weighted by Gasteiger charge is 2.27. The number of alkyl halides is 3. The van der Waals surface area contributed by atoms with Gasteiger partial charge in [0.25, 0.3) is 0 Å². The minimum absolute atomic E-state index is 0.0503. The third kappa shape index (κ3) is 8.52. The molecule has 1 aliphatic heterocycles. The Morgan fingerprint density at radius 3 is 2.71 bits per heavy atom. The van der Waals surface area contributed by atoms with Gasteiger partial charge in [0.15, 0.2) is 5.96 Å². The molecule has 1 aliphatic rings. The summed E-state index contributed by atoms with van der Waals surface area (Å²) in [6.07, 6.45) is 1.48. The lowest BCUT2D eigenvalue weighted by Crippen LogP contribution is -2.40. The number of piperidine rings is 1. The Morgan fingerprint density at radius 2 is 2.07 bits per heavy atom. The Morgan fingerprint density at radius 1 is 1.29 bits per heavy atom. The van der Waals surface area contributed by atoms with Gasteiger partial charge in [0.2, 0.25) is 0 Å². The number of aliphatic imine (C=N–C) groups is 1. The van der Waals surface area contributed by atoms with Crippen molar-refractivity contribution in [3.05, 3.63) is 24.2 Å². The van der Waals surface area contributed by atoms with Crippen LogP contribution in [0.25, 0.3) is 0 Å². The quantitative estimate of drug-likeness (QED) is 0.356. The van der Waals surface area contributed by atoms with Crippen LogP contribution in [0.2, 0.25) is 0 Å². The SMILES string of the molecule is CCNC(=NCC(c1ccco1)N1CCCCC1)NCCCOCC(F)(F)F. The first-order valence-corrected chi connectivity index (χ1v) is 9.93. The van der Waals surface area contributed by atoms with Crippen LogP contribution in [-0.2, 0) is 4.74 Å². The predicted octanol–water partition coefficient (Wildman–Crippen LogP) is 3.33. The summed E-state index contributed by atoms with van der Waals surface area (Å²) in [5.41, 5.74) is 0. The number of rotatable bonds is 10. The number of ether oxygens (including phenoxy) is 1. The Labute approximate surface area is 164 Å². The van der Waals surface area contributed by atoms with E-state index in [1.807, 2.05) is 19.1 Å². The van der Waals surface area contributed by atoms with E-state index < -0.39 is 12.8 Å². The largest absolute Gasteiger partial charge is 0.468 e. The van der Waals surface area contributed by atoms with Crippen molar-refractivity contribution in [3.63, 3.8) is 0 Å². The molecule has 0 bridgehead atoms. The van der Waals surface area contributed by atoms with Crippen LogP contribution in [0.1, 0.15) is 44.4 Å². The van der Waals surface area contributed by atoms with Crippen molar-refractivity contribution in [1.82, 2.24) is 15.5 Å². The molecule has 0 aliphatic carbocycles. The van der Waals surface area contributed by atoms with Crippen molar-refractivity contribution in [3.8, 4) is 0 Å². The maximum atomic E-state index is 12.1. The van der Waals surface area contributed by atoms with E-state index in [9.17, 15) is 13.2 Å². The molecule has 1 unspecified atom stereocenters. The summed E-state index contributed by atoms with van der Waals surface area (Å²) in [7, 11) is 0. The fraction of sp³-hybridized carbons (Fsp3) is 0.737. The summed E-state index contributed by atoms with van der Waals surface area (Å²) in [5, 5.41) is 6.32. The molecule has 1 fully saturated rings. The van der Waals surface area contributed by atoms with Crippen LogP contribution in [0.3, 0.4) is 0 Å². The van der Waals surface area contributed by atoms with Gasteiger partial charge >= 0.3 is 6.18 Å². The predicted molar refractivity (Wildman–Crippen MR) is 102 cm³/mol. The number of halogens is 3. The minimum atomic E-state index is -4.28. The van der Waals surface area contributed by atoms with Crippen LogP contribution in [-0.4, -0.2) is 63.0 Å². The van der Waals surface area contributed by atoms with E-state index in [1.54, 1.807) is 6.26 Å². The Bertz CT molecular complexity index is 558. The lowest BCUT2D eigenvalue weighted by Gasteiger charge is -2.32. The molecule has 9 heteroatoms. The fourth-order valence-corrected chi connectivity index (χ4v) is 3.18. The third-order valence-electron chi connectivity index (χ3n) is 4.49. The van der Waals surface area contributed by atoms with Crippen LogP contribution >= 0.6 is 0 Å². The first kappa shape index (κ1) is 22.5. The van der Waals surface area contributed by atoms with Crippen LogP contribution in [0.5, 0.6) is 0 Å². The number of hydrogen-bond acceptors (Lipinski definition) is 4. The number of hydrogen-bond donors (Lipinski definition) is 2. The molecule has 2 rings (SSSR count). The van der Waals surface area contributed by atoms with Gasteiger partial charge in [-0.25, -0.2) is 0 Å². The average Bonchev–Trinajstić information content (AvgIpc) is 3.19. The normalized spacial score (nSPS) is 17.5. The van der Waals surface area contributed by atoms with E-state index in [0.717, 1.165) is 18.8 Å². The summed E-state index contributed by atoms with van der Waals surface area (Å²) in [4.78, 5) is 7.08. The van der Waals surface area contributed by atoms with Crippen LogP contribution in [0.15, 0.2) is 27.8 Å². The van der Waals surface area contributed by atoms with E-state index in [1.165, 1.54) is 19.3 Å². The van der Waals surface area contributed by atoms with Gasteiger partial charge in [0.1, 0.15) is 12.4 Å². The molecule has 1 saturated heterocycles. The Kier molecular flexibility index (Phi) is 9.63. The number of guanidine groups is 1. The van der Waals surface area contributed by atoms with Gasteiger partial charge in [-0.3, -0.25) is 9.89 Å². The molecular formula is C19H31F3N4O2. The van der Waals surface area contributed by atoms with Gasteiger partial charge in [-0.1, -0.05) is 6.42 Å². The fourth-order valence-electron chi connectivity index (χ4n) is 3.18. The molecule has 6 nitrogen and oxygen atoms in total. The molecule has 28 heavy (non-hydrogen) atoms.